The molecule has 1 saturated carbocycles. The van der Waals surface area contributed by atoms with Crippen molar-refractivity contribution in [2.45, 2.75) is 69.7 Å². The Balaban J connectivity index is 1.44. The molecule has 7 heteroatoms. The van der Waals surface area contributed by atoms with Crippen molar-refractivity contribution >= 4 is 15.7 Å². The largest absolute Gasteiger partial charge is 0.377 e. The molecule has 0 N–H and O–H groups in total. The van der Waals surface area contributed by atoms with E-state index in [1.54, 1.807) is 11.9 Å². The highest BCUT2D eigenvalue weighted by Crippen LogP contribution is 2.56. The second-order valence-electron chi connectivity index (χ2n) is 8.57. The van der Waals surface area contributed by atoms with Gasteiger partial charge in [0.1, 0.15) is 0 Å². The van der Waals surface area contributed by atoms with Crippen LogP contribution in [0.3, 0.4) is 0 Å². The van der Waals surface area contributed by atoms with E-state index in [1.807, 2.05) is 6.92 Å². The SMILES string of the molecule is CC(C(=O)N(C)C1CCS(=O)(=O)C1)N1CC2(CCC2)C1C1CCCO1. The van der Waals surface area contributed by atoms with E-state index in [1.165, 1.54) is 19.3 Å². The van der Waals surface area contributed by atoms with Gasteiger partial charge in [-0.15, -0.1) is 0 Å². The van der Waals surface area contributed by atoms with Crippen molar-refractivity contribution in [3.8, 4) is 0 Å². The van der Waals surface area contributed by atoms with Crippen LogP contribution in [-0.4, -0.2) is 80.1 Å². The summed E-state index contributed by atoms with van der Waals surface area (Å²) in [6.45, 7) is 3.81. The van der Waals surface area contributed by atoms with Crippen LogP contribution in [0.5, 0.6) is 0 Å². The zero-order valence-corrected chi connectivity index (χ0v) is 16.1. The van der Waals surface area contributed by atoms with Gasteiger partial charge in [-0.1, -0.05) is 6.42 Å². The van der Waals surface area contributed by atoms with Crippen molar-refractivity contribution in [3.05, 3.63) is 0 Å². The number of likely N-dealkylation sites (N-methyl/N-ethyl adjacent to an activating group) is 1. The third-order valence-corrected chi connectivity index (χ3v) is 8.86. The Morgan fingerprint density at radius 3 is 2.56 bits per heavy atom. The van der Waals surface area contributed by atoms with Crippen molar-refractivity contribution in [2.24, 2.45) is 5.41 Å². The van der Waals surface area contributed by atoms with Crippen LogP contribution in [0, 0.1) is 5.41 Å². The highest BCUT2D eigenvalue weighted by molar-refractivity contribution is 7.91. The minimum absolute atomic E-state index is 0.0549. The molecule has 0 aromatic carbocycles. The number of likely N-dealkylation sites (tertiary alicyclic amines) is 1. The van der Waals surface area contributed by atoms with Gasteiger partial charge in [0.2, 0.25) is 5.91 Å². The van der Waals surface area contributed by atoms with Crippen LogP contribution in [0.15, 0.2) is 0 Å². The molecule has 6 nitrogen and oxygen atoms in total. The van der Waals surface area contributed by atoms with Crippen LogP contribution < -0.4 is 0 Å². The van der Waals surface area contributed by atoms with E-state index >= 15 is 0 Å². The zero-order valence-electron chi connectivity index (χ0n) is 15.3. The van der Waals surface area contributed by atoms with Crippen molar-refractivity contribution in [1.29, 1.82) is 0 Å². The smallest absolute Gasteiger partial charge is 0.239 e. The number of sulfone groups is 1. The summed E-state index contributed by atoms with van der Waals surface area (Å²) in [7, 11) is -1.21. The monoisotopic (exact) mass is 370 g/mol. The summed E-state index contributed by atoms with van der Waals surface area (Å²) in [6.07, 6.45) is 6.85. The molecule has 4 rings (SSSR count). The molecule has 0 radical (unpaired) electrons. The lowest BCUT2D eigenvalue weighted by molar-refractivity contribution is -0.192. The molecule has 142 valence electrons. The van der Waals surface area contributed by atoms with E-state index < -0.39 is 9.84 Å². The maximum Gasteiger partial charge on any atom is 0.239 e. The number of carbonyl (C=O) groups excluding carboxylic acids is 1. The van der Waals surface area contributed by atoms with Crippen molar-refractivity contribution in [3.63, 3.8) is 0 Å². The van der Waals surface area contributed by atoms with Crippen LogP contribution in [0.25, 0.3) is 0 Å². The van der Waals surface area contributed by atoms with E-state index in [2.05, 4.69) is 4.90 Å². The van der Waals surface area contributed by atoms with E-state index in [0.29, 0.717) is 17.9 Å². The highest BCUT2D eigenvalue weighted by Gasteiger charge is 2.60. The molecule has 0 aromatic heterocycles. The van der Waals surface area contributed by atoms with Gasteiger partial charge in [-0.05, 0) is 39.0 Å². The topological polar surface area (TPSA) is 66.9 Å². The average Bonchev–Trinajstić information content (AvgIpc) is 3.12. The molecule has 25 heavy (non-hydrogen) atoms. The maximum absolute atomic E-state index is 13.0. The van der Waals surface area contributed by atoms with Crippen molar-refractivity contribution < 1.29 is 17.9 Å². The molecular formula is C18H30N2O4S. The first-order valence-corrected chi connectivity index (χ1v) is 11.5. The fourth-order valence-electron chi connectivity index (χ4n) is 5.41. The number of hydrogen-bond acceptors (Lipinski definition) is 5. The summed E-state index contributed by atoms with van der Waals surface area (Å²) in [5, 5.41) is 0. The number of amides is 1. The molecule has 3 aliphatic heterocycles. The van der Waals surface area contributed by atoms with Crippen LogP contribution in [0.4, 0.5) is 0 Å². The molecule has 4 atom stereocenters. The Labute approximate surface area is 150 Å². The van der Waals surface area contributed by atoms with E-state index in [9.17, 15) is 13.2 Å². The Morgan fingerprint density at radius 1 is 1.28 bits per heavy atom. The van der Waals surface area contributed by atoms with E-state index in [-0.39, 0.29) is 35.6 Å². The summed E-state index contributed by atoms with van der Waals surface area (Å²) >= 11 is 0. The molecule has 4 fully saturated rings. The van der Waals surface area contributed by atoms with Crippen LogP contribution in [-0.2, 0) is 19.4 Å². The molecule has 1 amide bonds. The zero-order chi connectivity index (χ0) is 17.8. The summed E-state index contributed by atoms with van der Waals surface area (Å²) in [4.78, 5) is 17.0. The first kappa shape index (κ1) is 17.7. The second-order valence-corrected chi connectivity index (χ2v) is 10.8. The lowest BCUT2D eigenvalue weighted by atomic mass is 9.56. The maximum atomic E-state index is 13.0. The standard InChI is InChI=1S/C18H30N2O4S/c1-13(17(21)19(2)14-6-10-25(22,23)11-14)20-12-18(7-4-8-18)16(20)15-5-3-9-24-15/h13-16H,3-12H2,1-2H3. The van der Waals surface area contributed by atoms with Gasteiger partial charge in [-0.2, -0.15) is 0 Å². The molecule has 3 heterocycles. The van der Waals surface area contributed by atoms with Gasteiger partial charge in [0.15, 0.2) is 9.84 Å². The van der Waals surface area contributed by atoms with Gasteiger partial charge in [-0.25, -0.2) is 8.42 Å². The molecule has 1 spiro atoms. The third-order valence-electron chi connectivity index (χ3n) is 7.11. The minimum atomic E-state index is -2.98. The van der Waals surface area contributed by atoms with Crippen molar-refractivity contribution in [2.75, 3.05) is 31.7 Å². The van der Waals surface area contributed by atoms with E-state index in [4.69, 9.17) is 4.74 Å². The average molecular weight is 371 g/mol. The number of nitrogens with zero attached hydrogens (tertiary/aromatic N) is 2. The molecule has 0 aromatic rings. The van der Waals surface area contributed by atoms with Gasteiger partial charge in [0.05, 0.1) is 23.7 Å². The van der Waals surface area contributed by atoms with Crippen LogP contribution in [0.2, 0.25) is 0 Å². The van der Waals surface area contributed by atoms with Gasteiger partial charge >= 0.3 is 0 Å². The summed E-state index contributed by atoms with van der Waals surface area (Å²) < 4.78 is 29.5. The fourth-order valence-corrected chi connectivity index (χ4v) is 7.19. The Kier molecular flexibility index (Phi) is 4.40. The quantitative estimate of drug-likeness (QED) is 0.740. The van der Waals surface area contributed by atoms with E-state index in [0.717, 1.165) is 26.0 Å². The van der Waals surface area contributed by atoms with Crippen molar-refractivity contribution in [1.82, 2.24) is 9.80 Å². The molecule has 4 unspecified atom stereocenters. The van der Waals surface area contributed by atoms with Crippen LogP contribution >= 0.6 is 0 Å². The summed E-state index contributed by atoms with van der Waals surface area (Å²) in [6, 6.07) is -0.00258. The first-order chi connectivity index (χ1) is 11.8. The normalized spacial score (nSPS) is 37.4. The number of carbonyl (C=O) groups is 1. The number of hydrogen-bond donors (Lipinski definition) is 0. The Hall–Kier alpha value is -0.660. The Bertz CT molecular complexity index is 639. The first-order valence-electron chi connectivity index (χ1n) is 9.67. The minimum Gasteiger partial charge on any atom is -0.377 e. The van der Waals surface area contributed by atoms with Crippen LogP contribution in [0.1, 0.15) is 45.4 Å². The molecule has 0 bridgehead atoms. The fraction of sp³-hybridized carbons (Fsp3) is 0.944. The molecule has 1 aliphatic carbocycles. The van der Waals surface area contributed by atoms with Gasteiger partial charge in [-0.3, -0.25) is 9.69 Å². The third kappa shape index (κ3) is 2.92. The number of rotatable bonds is 4. The van der Waals surface area contributed by atoms with Gasteiger partial charge < -0.3 is 9.64 Å². The predicted octanol–water partition coefficient (Wildman–Crippen LogP) is 1.05. The Morgan fingerprint density at radius 2 is 2.04 bits per heavy atom. The van der Waals surface area contributed by atoms with Gasteiger partial charge in [0, 0.05) is 37.7 Å². The molecular weight excluding hydrogens is 340 g/mol. The highest BCUT2D eigenvalue weighted by atomic mass is 32.2. The lowest BCUT2D eigenvalue weighted by Crippen LogP contribution is -2.74. The summed E-state index contributed by atoms with van der Waals surface area (Å²) in [5.41, 5.74) is 0.374. The predicted molar refractivity (Wildman–Crippen MR) is 95.0 cm³/mol. The number of ether oxygens (including phenoxy) is 1. The summed E-state index contributed by atoms with van der Waals surface area (Å²) in [5.74, 6) is 0.370. The molecule has 4 aliphatic rings. The second kappa shape index (κ2) is 6.20. The lowest BCUT2D eigenvalue weighted by Gasteiger charge is -2.65. The molecule has 3 saturated heterocycles. The van der Waals surface area contributed by atoms with Gasteiger partial charge in [0.25, 0.3) is 0 Å².